The average molecular weight is 379 g/mol. The van der Waals surface area contributed by atoms with Gasteiger partial charge in [0, 0.05) is 9.50 Å². The number of hydrogen-bond donors (Lipinski definition) is 2. The molecule has 2 rings (SSSR count). The zero-order valence-corrected chi connectivity index (χ0v) is 13.1. The van der Waals surface area contributed by atoms with Crippen molar-refractivity contribution in [2.75, 3.05) is 5.75 Å². The number of aromatic nitrogens is 3. The minimum absolute atomic E-state index is 0.144. The molecule has 0 fully saturated rings. The van der Waals surface area contributed by atoms with Crippen LogP contribution in [0.3, 0.4) is 0 Å². The Balaban J connectivity index is 2.47. The number of aliphatic hydroxyl groups is 1. The molecule has 0 aliphatic carbocycles. The predicted molar refractivity (Wildman–Crippen MR) is 78.4 cm³/mol. The summed E-state index contributed by atoms with van der Waals surface area (Å²) in [5.74, 6) is -0.777. The minimum atomic E-state index is -0.953. The molecular weight excluding hydrogens is 370 g/mol. The van der Waals surface area contributed by atoms with Gasteiger partial charge in [0.2, 0.25) is 0 Å². The Kier molecular flexibility index (Phi) is 5.03. The lowest BCUT2D eigenvalue weighted by Crippen LogP contribution is -2.05. The molecule has 20 heavy (non-hydrogen) atoms. The fourth-order valence-electron chi connectivity index (χ4n) is 1.53. The Morgan fingerprint density at radius 3 is 2.80 bits per heavy atom. The molecule has 2 N–H and O–H groups in total. The molecule has 0 radical (unpaired) electrons. The summed E-state index contributed by atoms with van der Waals surface area (Å²) in [6.45, 7) is -0.310. The maximum Gasteiger partial charge on any atom is 0.313 e. The van der Waals surface area contributed by atoms with Crippen LogP contribution < -0.4 is 0 Å². The summed E-state index contributed by atoms with van der Waals surface area (Å²) in [4.78, 5) is 10.7. The summed E-state index contributed by atoms with van der Waals surface area (Å²) in [7, 11) is 0. The van der Waals surface area contributed by atoms with E-state index in [2.05, 4.69) is 26.1 Å². The SMILES string of the molecule is O=C(O)CSc1nnc(CO)n1-c1ccc(Cl)cc1Br. The number of thioether (sulfide) groups is 1. The van der Waals surface area contributed by atoms with E-state index in [1.807, 2.05) is 0 Å². The summed E-state index contributed by atoms with van der Waals surface area (Å²) in [5.41, 5.74) is 0.677. The fraction of sp³-hybridized carbons (Fsp3) is 0.182. The van der Waals surface area contributed by atoms with Gasteiger partial charge in [-0.25, -0.2) is 0 Å². The first-order chi connectivity index (χ1) is 9.52. The third-order valence-electron chi connectivity index (χ3n) is 2.32. The molecule has 106 valence electrons. The third-order valence-corrected chi connectivity index (χ3v) is 4.10. The molecule has 6 nitrogen and oxygen atoms in total. The maximum atomic E-state index is 10.7. The molecule has 0 atom stereocenters. The number of benzene rings is 1. The number of halogens is 2. The summed E-state index contributed by atoms with van der Waals surface area (Å²) in [5, 5.41) is 26.8. The van der Waals surface area contributed by atoms with E-state index in [1.54, 1.807) is 22.8 Å². The van der Waals surface area contributed by atoms with E-state index in [0.29, 0.717) is 26.2 Å². The van der Waals surface area contributed by atoms with Gasteiger partial charge in [-0.1, -0.05) is 23.4 Å². The molecule has 0 saturated heterocycles. The van der Waals surface area contributed by atoms with Crippen LogP contribution >= 0.6 is 39.3 Å². The molecule has 0 aliphatic heterocycles. The molecule has 1 heterocycles. The maximum absolute atomic E-state index is 10.7. The van der Waals surface area contributed by atoms with Gasteiger partial charge in [-0.2, -0.15) is 0 Å². The zero-order valence-electron chi connectivity index (χ0n) is 9.95. The van der Waals surface area contributed by atoms with Crippen molar-refractivity contribution in [1.29, 1.82) is 0 Å². The van der Waals surface area contributed by atoms with Gasteiger partial charge in [-0.05, 0) is 34.1 Å². The quantitative estimate of drug-likeness (QED) is 0.777. The number of carboxylic acids is 1. The van der Waals surface area contributed by atoms with Crippen molar-refractivity contribution in [3.63, 3.8) is 0 Å². The lowest BCUT2D eigenvalue weighted by atomic mass is 10.3. The number of carboxylic acid groups (broad SMARTS) is 1. The molecule has 0 saturated carbocycles. The van der Waals surface area contributed by atoms with E-state index in [4.69, 9.17) is 16.7 Å². The molecule has 0 unspecified atom stereocenters. The predicted octanol–water partition coefficient (Wildman–Crippen LogP) is 2.35. The topological polar surface area (TPSA) is 88.2 Å². The van der Waals surface area contributed by atoms with Crippen LogP contribution in [-0.4, -0.2) is 36.7 Å². The van der Waals surface area contributed by atoms with E-state index < -0.39 is 5.97 Å². The number of nitrogens with zero attached hydrogens (tertiary/aromatic N) is 3. The van der Waals surface area contributed by atoms with Crippen molar-refractivity contribution in [1.82, 2.24) is 14.8 Å². The second-order valence-corrected chi connectivity index (χ2v) is 5.90. The Labute approximate surface area is 131 Å². The van der Waals surface area contributed by atoms with Gasteiger partial charge in [0.1, 0.15) is 6.61 Å². The second-order valence-electron chi connectivity index (χ2n) is 3.67. The summed E-state index contributed by atoms with van der Waals surface area (Å²) >= 11 is 10.3. The Morgan fingerprint density at radius 1 is 1.45 bits per heavy atom. The van der Waals surface area contributed by atoms with E-state index >= 15 is 0 Å². The van der Waals surface area contributed by atoms with Crippen LogP contribution in [0.25, 0.3) is 5.69 Å². The Hall–Kier alpha value is -1.09. The van der Waals surface area contributed by atoms with Crippen molar-refractivity contribution in [2.24, 2.45) is 0 Å². The van der Waals surface area contributed by atoms with Gasteiger partial charge in [-0.15, -0.1) is 10.2 Å². The monoisotopic (exact) mass is 377 g/mol. The molecule has 0 bridgehead atoms. The van der Waals surface area contributed by atoms with Crippen LogP contribution in [0.4, 0.5) is 0 Å². The van der Waals surface area contributed by atoms with Gasteiger partial charge in [0.15, 0.2) is 11.0 Å². The normalized spacial score (nSPS) is 10.8. The number of rotatable bonds is 5. The Morgan fingerprint density at radius 2 is 2.20 bits per heavy atom. The van der Waals surface area contributed by atoms with Crippen molar-refractivity contribution in [3.8, 4) is 5.69 Å². The summed E-state index contributed by atoms with van der Waals surface area (Å²) < 4.78 is 2.28. The lowest BCUT2D eigenvalue weighted by Gasteiger charge is -2.10. The standard InChI is InChI=1S/C11H9BrClN3O3S/c12-7-3-6(13)1-2-8(7)16-9(4-17)14-15-11(16)20-5-10(18)19/h1-3,17H,4-5H2,(H,18,19). The Bertz CT molecular complexity index is 650. The average Bonchev–Trinajstić information content (AvgIpc) is 2.79. The largest absolute Gasteiger partial charge is 0.481 e. The molecule has 9 heteroatoms. The molecule has 2 aromatic rings. The number of aliphatic hydroxyl groups excluding tert-OH is 1. The highest BCUT2D eigenvalue weighted by Crippen LogP contribution is 2.29. The first-order valence-corrected chi connectivity index (χ1v) is 7.53. The highest BCUT2D eigenvalue weighted by Gasteiger charge is 2.17. The molecule has 1 aromatic carbocycles. The van der Waals surface area contributed by atoms with Gasteiger partial charge < -0.3 is 10.2 Å². The van der Waals surface area contributed by atoms with Crippen molar-refractivity contribution < 1.29 is 15.0 Å². The van der Waals surface area contributed by atoms with Crippen LogP contribution in [0.15, 0.2) is 27.8 Å². The first kappa shape index (κ1) is 15.3. The van der Waals surface area contributed by atoms with Gasteiger partial charge in [0.25, 0.3) is 0 Å². The number of carbonyl (C=O) groups is 1. The van der Waals surface area contributed by atoms with Gasteiger partial charge >= 0.3 is 5.97 Å². The molecule has 0 aliphatic rings. The van der Waals surface area contributed by atoms with Crippen molar-refractivity contribution in [2.45, 2.75) is 11.8 Å². The van der Waals surface area contributed by atoms with Gasteiger partial charge in [0.05, 0.1) is 11.4 Å². The lowest BCUT2D eigenvalue weighted by molar-refractivity contribution is -0.133. The van der Waals surface area contributed by atoms with Crippen LogP contribution in [0.5, 0.6) is 0 Å². The van der Waals surface area contributed by atoms with Crippen LogP contribution in [0, 0.1) is 0 Å². The smallest absolute Gasteiger partial charge is 0.313 e. The minimum Gasteiger partial charge on any atom is -0.481 e. The highest BCUT2D eigenvalue weighted by molar-refractivity contribution is 9.10. The summed E-state index contributed by atoms with van der Waals surface area (Å²) in [6.07, 6.45) is 0. The van der Waals surface area contributed by atoms with E-state index in [0.717, 1.165) is 11.8 Å². The van der Waals surface area contributed by atoms with Crippen molar-refractivity contribution >= 4 is 45.3 Å². The third kappa shape index (κ3) is 3.32. The van der Waals surface area contributed by atoms with E-state index in [-0.39, 0.29) is 12.4 Å². The second kappa shape index (κ2) is 6.57. The first-order valence-electron chi connectivity index (χ1n) is 5.38. The van der Waals surface area contributed by atoms with Crippen molar-refractivity contribution in [3.05, 3.63) is 33.5 Å². The number of hydrogen-bond acceptors (Lipinski definition) is 5. The van der Waals surface area contributed by atoms with Gasteiger partial charge in [-0.3, -0.25) is 9.36 Å². The van der Waals surface area contributed by atoms with Crippen LogP contribution in [-0.2, 0) is 11.4 Å². The highest BCUT2D eigenvalue weighted by atomic mass is 79.9. The number of aliphatic carboxylic acids is 1. The van der Waals surface area contributed by atoms with E-state index in [1.165, 1.54) is 0 Å². The molecule has 1 aromatic heterocycles. The van der Waals surface area contributed by atoms with Crippen LogP contribution in [0.1, 0.15) is 5.82 Å². The molecule has 0 spiro atoms. The molecular formula is C11H9BrClN3O3S. The zero-order chi connectivity index (χ0) is 14.7. The van der Waals surface area contributed by atoms with Crippen LogP contribution in [0.2, 0.25) is 5.02 Å². The molecule has 0 amide bonds. The summed E-state index contributed by atoms with van der Waals surface area (Å²) in [6, 6.07) is 5.12. The van der Waals surface area contributed by atoms with E-state index in [9.17, 15) is 9.90 Å². The fourth-order valence-corrected chi connectivity index (χ4v) is 3.07.